The van der Waals surface area contributed by atoms with Gasteiger partial charge in [0.15, 0.2) is 0 Å². The number of rotatable bonds is 4. The van der Waals surface area contributed by atoms with E-state index in [4.69, 9.17) is 0 Å². The van der Waals surface area contributed by atoms with Crippen molar-refractivity contribution in [2.24, 2.45) is 0 Å². The van der Waals surface area contributed by atoms with Crippen LogP contribution in [0.5, 0.6) is 0 Å². The molecule has 0 radical (unpaired) electrons. The molecule has 156 valence electrons. The van der Waals surface area contributed by atoms with Gasteiger partial charge >= 0.3 is 0 Å². The van der Waals surface area contributed by atoms with E-state index in [1.54, 1.807) is 18.3 Å². The predicted molar refractivity (Wildman–Crippen MR) is 105 cm³/mol. The quantitative estimate of drug-likeness (QED) is 0.634. The number of pyridine rings is 1. The van der Waals surface area contributed by atoms with Crippen LogP contribution in [0.15, 0.2) is 46.5 Å². The van der Waals surface area contributed by atoms with E-state index in [1.165, 1.54) is 0 Å². The summed E-state index contributed by atoms with van der Waals surface area (Å²) in [4.78, 5) is 25.0. The minimum Gasteiger partial charge on any atom is -0.297 e. The lowest BCUT2D eigenvalue weighted by molar-refractivity contribution is 0.240. The van der Waals surface area contributed by atoms with Crippen molar-refractivity contribution >= 4 is 9.84 Å². The molecular weight excluding hydrogens is 414 g/mol. The molecule has 3 aromatic rings. The number of benzene rings is 1. The van der Waals surface area contributed by atoms with E-state index in [1.807, 2.05) is 4.90 Å². The van der Waals surface area contributed by atoms with Crippen LogP contribution in [-0.4, -0.2) is 41.1 Å². The second-order valence-electron chi connectivity index (χ2n) is 7.21. The molecule has 4 rings (SSSR count). The maximum atomic E-state index is 13.9. The van der Waals surface area contributed by atoms with Crippen molar-refractivity contribution in [2.75, 3.05) is 12.8 Å². The summed E-state index contributed by atoms with van der Waals surface area (Å²) in [6.45, 7) is 1.40. The number of nitrogens with zero attached hydrogens (tertiary/aromatic N) is 3. The molecule has 0 amide bonds. The predicted octanol–water partition coefficient (Wildman–Crippen LogP) is 2.07. The van der Waals surface area contributed by atoms with E-state index >= 15 is 0 Å². The summed E-state index contributed by atoms with van der Waals surface area (Å²) in [5.41, 5.74) is 1.74. The highest BCUT2D eigenvalue weighted by molar-refractivity contribution is 7.90. The van der Waals surface area contributed by atoms with Crippen molar-refractivity contribution in [3.05, 3.63) is 75.3 Å². The number of halogens is 2. The molecule has 3 heterocycles. The molecule has 0 saturated heterocycles. The minimum absolute atomic E-state index is 0.0905. The molecule has 0 unspecified atom stereocenters. The monoisotopic (exact) mass is 432 g/mol. The summed E-state index contributed by atoms with van der Waals surface area (Å²) >= 11 is 0. The molecule has 7 nitrogen and oxygen atoms in total. The average molecular weight is 432 g/mol. The van der Waals surface area contributed by atoms with Gasteiger partial charge in [-0.05, 0) is 29.8 Å². The lowest BCUT2D eigenvalue weighted by Gasteiger charge is -2.27. The van der Waals surface area contributed by atoms with Crippen LogP contribution in [-0.2, 0) is 29.3 Å². The van der Waals surface area contributed by atoms with Gasteiger partial charge in [-0.1, -0.05) is 6.07 Å². The van der Waals surface area contributed by atoms with Gasteiger partial charge in [-0.2, -0.15) is 0 Å². The lowest BCUT2D eigenvalue weighted by Crippen LogP contribution is -2.36. The van der Waals surface area contributed by atoms with Gasteiger partial charge in [0, 0.05) is 44.1 Å². The van der Waals surface area contributed by atoms with Crippen LogP contribution in [0.25, 0.3) is 11.3 Å². The highest BCUT2D eigenvalue weighted by Crippen LogP contribution is 2.23. The molecule has 1 aromatic carbocycles. The van der Waals surface area contributed by atoms with Gasteiger partial charge in [0.25, 0.3) is 5.56 Å². The topological polar surface area (TPSA) is 96.0 Å². The average Bonchev–Trinajstić information content (AvgIpc) is 2.70. The molecule has 2 aromatic heterocycles. The molecular formula is C20H18F2N4O3S. The Balaban J connectivity index is 1.51. The molecule has 1 aliphatic rings. The molecule has 30 heavy (non-hydrogen) atoms. The van der Waals surface area contributed by atoms with Gasteiger partial charge in [0.2, 0.25) is 15.0 Å². The normalized spacial score (nSPS) is 14.5. The number of hydrogen-bond acceptors (Lipinski definition) is 6. The summed E-state index contributed by atoms with van der Waals surface area (Å²) in [5, 5.41) is -0.316. The summed E-state index contributed by atoms with van der Waals surface area (Å²) in [7, 11) is -3.59. The molecule has 0 bridgehead atoms. The lowest BCUT2D eigenvalue weighted by atomic mass is 10.1. The molecule has 0 saturated carbocycles. The van der Waals surface area contributed by atoms with Gasteiger partial charge in [0.05, 0.1) is 17.0 Å². The zero-order valence-corrected chi connectivity index (χ0v) is 16.8. The smallest absolute Gasteiger partial charge is 0.256 e. The molecule has 1 aliphatic heterocycles. The Morgan fingerprint density at radius 1 is 1.20 bits per heavy atom. The van der Waals surface area contributed by atoms with Crippen LogP contribution in [0.1, 0.15) is 16.8 Å². The maximum absolute atomic E-state index is 13.9. The molecule has 0 atom stereocenters. The van der Waals surface area contributed by atoms with Crippen LogP contribution in [0.4, 0.5) is 8.78 Å². The van der Waals surface area contributed by atoms with E-state index in [0.29, 0.717) is 43.0 Å². The van der Waals surface area contributed by atoms with Crippen molar-refractivity contribution < 1.29 is 17.2 Å². The van der Waals surface area contributed by atoms with Gasteiger partial charge in [-0.15, -0.1) is 0 Å². The minimum atomic E-state index is -3.59. The van der Waals surface area contributed by atoms with Crippen molar-refractivity contribution in [2.45, 2.75) is 24.7 Å². The fourth-order valence-electron chi connectivity index (χ4n) is 3.40. The van der Waals surface area contributed by atoms with Crippen LogP contribution in [0.3, 0.4) is 0 Å². The van der Waals surface area contributed by atoms with Gasteiger partial charge in [-0.25, -0.2) is 22.2 Å². The second kappa shape index (κ2) is 7.69. The Hall–Kier alpha value is -2.98. The standard InChI is InChI=1S/C20H18F2N4O3S/c1-30(28,29)20-24-18-6-7-26(11-15(18)19(27)25-20)10-12-2-5-17(23-9-12)14-8-13(21)3-4-16(14)22/h2-5,8-9H,6-7,10-11H2,1H3,(H,24,25,27). The van der Waals surface area contributed by atoms with Gasteiger partial charge < -0.3 is 0 Å². The fraction of sp³-hybridized carbons (Fsp3) is 0.250. The Labute approximate surface area is 171 Å². The number of aromatic amines is 1. The molecule has 10 heteroatoms. The number of aromatic nitrogens is 3. The number of nitrogens with one attached hydrogen (secondary N) is 1. The van der Waals surface area contributed by atoms with Crippen LogP contribution >= 0.6 is 0 Å². The zero-order valence-electron chi connectivity index (χ0n) is 16.0. The first-order valence-electron chi connectivity index (χ1n) is 9.15. The molecule has 0 spiro atoms. The summed E-state index contributed by atoms with van der Waals surface area (Å²) in [6, 6.07) is 6.61. The van der Waals surface area contributed by atoms with Crippen molar-refractivity contribution in [3.8, 4) is 11.3 Å². The SMILES string of the molecule is CS(=O)(=O)c1nc2c(c(=O)[nH]1)CN(Cc1ccc(-c3cc(F)ccc3F)nc1)CC2. The maximum Gasteiger partial charge on any atom is 0.256 e. The first-order valence-corrected chi connectivity index (χ1v) is 11.0. The Bertz CT molecular complexity index is 1270. The number of hydrogen-bond donors (Lipinski definition) is 1. The van der Waals surface area contributed by atoms with E-state index in [9.17, 15) is 22.0 Å². The Kier molecular flexibility index (Phi) is 5.20. The molecule has 0 aliphatic carbocycles. The molecule has 0 fully saturated rings. The highest BCUT2D eigenvalue weighted by atomic mass is 32.2. The fourth-order valence-corrected chi connectivity index (χ4v) is 3.95. The third kappa shape index (κ3) is 4.14. The Morgan fingerprint density at radius 3 is 2.70 bits per heavy atom. The zero-order chi connectivity index (χ0) is 21.5. The third-order valence-electron chi connectivity index (χ3n) is 4.91. The van der Waals surface area contributed by atoms with Crippen LogP contribution < -0.4 is 5.56 Å². The number of H-pyrrole nitrogens is 1. The van der Waals surface area contributed by atoms with Crippen LogP contribution in [0, 0.1) is 11.6 Å². The van der Waals surface area contributed by atoms with Crippen molar-refractivity contribution in [1.82, 2.24) is 19.9 Å². The van der Waals surface area contributed by atoms with E-state index < -0.39 is 27.0 Å². The second-order valence-corrected chi connectivity index (χ2v) is 9.14. The first kappa shape index (κ1) is 20.3. The summed E-state index contributed by atoms with van der Waals surface area (Å²) < 4.78 is 50.6. The van der Waals surface area contributed by atoms with Gasteiger partial charge in [-0.3, -0.25) is 19.7 Å². The number of sulfone groups is 1. The van der Waals surface area contributed by atoms with E-state index in [-0.39, 0.29) is 10.7 Å². The van der Waals surface area contributed by atoms with E-state index in [0.717, 1.165) is 30.0 Å². The van der Waals surface area contributed by atoms with Crippen molar-refractivity contribution in [1.29, 1.82) is 0 Å². The number of fused-ring (bicyclic) bond motifs is 1. The Morgan fingerprint density at radius 2 is 2.00 bits per heavy atom. The third-order valence-corrected chi connectivity index (χ3v) is 5.81. The summed E-state index contributed by atoms with van der Waals surface area (Å²) in [6.07, 6.45) is 3.03. The van der Waals surface area contributed by atoms with Crippen LogP contribution in [0.2, 0.25) is 0 Å². The van der Waals surface area contributed by atoms with Crippen molar-refractivity contribution in [3.63, 3.8) is 0 Å². The highest BCUT2D eigenvalue weighted by Gasteiger charge is 2.23. The van der Waals surface area contributed by atoms with Gasteiger partial charge in [0.1, 0.15) is 11.6 Å². The first-order chi connectivity index (χ1) is 14.2. The largest absolute Gasteiger partial charge is 0.297 e. The molecule has 1 N–H and O–H groups in total. The summed E-state index contributed by atoms with van der Waals surface area (Å²) in [5.74, 6) is -1.09. The van der Waals surface area contributed by atoms with E-state index in [2.05, 4.69) is 15.0 Å².